The van der Waals surface area contributed by atoms with Crippen molar-refractivity contribution < 1.29 is 0 Å². The van der Waals surface area contributed by atoms with Crippen LogP contribution in [0, 0.1) is 5.92 Å². The van der Waals surface area contributed by atoms with E-state index in [-0.39, 0.29) is 6.04 Å². The summed E-state index contributed by atoms with van der Waals surface area (Å²) in [5.41, 5.74) is 6.95. The highest BCUT2D eigenvalue weighted by atomic mass is 15.1. The van der Waals surface area contributed by atoms with Crippen molar-refractivity contribution in [3.05, 3.63) is 30.1 Å². The molecule has 3 heteroatoms. The van der Waals surface area contributed by atoms with E-state index >= 15 is 0 Å². The third kappa shape index (κ3) is 2.60. The van der Waals surface area contributed by atoms with Gasteiger partial charge >= 0.3 is 0 Å². The number of aromatic nitrogens is 1. The van der Waals surface area contributed by atoms with Gasteiger partial charge in [0, 0.05) is 19.3 Å². The Hall–Kier alpha value is -0.930. The fourth-order valence-corrected chi connectivity index (χ4v) is 2.31. The molecule has 1 fully saturated rings. The van der Waals surface area contributed by atoms with Crippen molar-refractivity contribution in [2.24, 2.45) is 11.7 Å². The summed E-state index contributed by atoms with van der Waals surface area (Å²) in [7, 11) is 2.16. The third-order valence-electron chi connectivity index (χ3n) is 3.56. The molecule has 1 heterocycles. The monoisotopic (exact) mass is 219 g/mol. The molecule has 88 valence electrons. The molecule has 16 heavy (non-hydrogen) atoms. The van der Waals surface area contributed by atoms with Gasteiger partial charge in [-0.15, -0.1) is 0 Å². The summed E-state index contributed by atoms with van der Waals surface area (Å²) in [4.78, 5) is 6.75. The highest BCUT2D eigenvalue weighted by molar-refractivity contribution is 5.09. The Kier molecular flexibility index (Phi) is 3.91. The largest absolute Gasteiger partial charge is 0.329 e. The van der Waals surface area contributed by atoms with Gasteiger partial charge < -0.3 is 5.73 Å². The number of hydrogen-bond donors (Lipinski definition) is 1. The average molecular weight is 219 g/mol. The van der Waals surface area contributed by atoms with E-state index in [1.54, 1.807) is 0 Å². The topological polar surface area (TPSA) is 42.1 Å². The summed E-state index contributed by atoms with van der Waals surface area (Å²) >= 11 is 0. The SMILES string of the molecule is CN(CC1CCC1)C(CN)c1ccccn1. The van der Waals surface area contributed by atoms with Gasteiger partial charge in [-0.25, -0.2) is 0 Å². The van der Waals surface area contributed by atoms with Gasteiger partial charge in [0.05, 0.1) is 11.7 Å². The van der Waals surface area contributed by atoms with Gasteiger partial charge in [0.15, 0.2) is 0 Å². The second-order valence-corrected chi connectivity index (χ2v) is 4.74. The van der Waals surface area contributed by atoms with Gasteiger partial charge in [-0.3, -0.25) is 9.88 Å². The quantitative estimate of drug-likeness (QED) is 0.821. The molecule has 0 saturated heterocycles. The molecule has 0 radical (unpaired) electrons. The minimum absolute atomic E-state index is 0.266. The van der Waals surface area contributed by atoms with E-state index in [0.29, 0.717) is 6.54 Å². The zero-order valence-electron chi connectivity index (χ0n) is 9.97. The molecule has 0 amide bonds. The number of likely N-dealkylation sites (N-methyl/N-ethyl adjacent to an activating group) is 1. The molecule has 0 aromatic carbocycles. The normalized spacial score (nSPS) is 18.4. The maximum atomic E-state index is 5.86. The van der Waals surface area contributed by atoms with E-state index in [2.05, 4.69) is 23.0 Å². The van der Waals surface area contributed by atoms with Crippen molar-refractivity contribution in [1.29, 1.82) is 0 Å². The highest BCUT2D eigenvalue weighted by Gasteiger charge is 2.23. The Morgan fingerprint density at radius 1 is 1.50 bits per heavy atom. The zero-order valence-corrected chi connectivity index (χ0v) is 9.97. The Bertz CT molecular complexity index is 308. The van der Waals surface area contributed by atoms with Crippen LogP contribution in [0.4, 0.5) is 0 Å². The van der Waals surface area contributed by atoms with Crippen molar-refractivity contribution in [2.45, 2.75) is 25.3 Å². The minimum atomic E-state index is 0.266. The Balaban J connectivity index is 1.98. The smallest absolute Gasteiger partial charge is 0.0642 e. The fraction of sp³-hybridized carbons (Fsp3) is 0.615. The van der Waals surface area contributed by atoms with Gasteiger partial charge in [0.25, 0.3) is 0 Å². The van der Waals surface area contributed by atoms with Crippen molar-refractivity contribution >= 4 is 0 Å². The van der Waals surface area contributed by atoms with Crippen LogP contribution >= 0.6 is 0 Å². The highest BCUT2D eigenvalue weighted by Crippen LogP contribution is 2.29. The molecular formula is C13H21N3. The number of rotatable bonds is 5. The second kappa shape index (κ2) is 5.41. The van der Waals surface area contributed by atoms with Crippen molar-refractivity contribution in [1.82, 2.24) is 9.88 Å². The third-order valence-corrected chi connectivity index (χ3v) is 3.56. The molecule has 1 saturated carbocycles. The maximum Gasteiger partial charge on any atom is 0.0642 e. The van der Waals surface area contributed by atoms with Crippen LogP contribution in [-0.2, 0) is 0 Å². The molecule has 1 atom stereocenters. The van der Waals surface area contributed by atoms with E-state index in [4.69, 9.17) is 5.73 Å². The van der Waals surface area contributed by atoms with Crippen molar-refractivity contribution in [2.75, 3.05) is 20.1 Å². The Morgan fingerprint density at radius 2 is 2.31 bits per heavy atom. The molecule has 1 aliphatic carbocycles. The minimum Gasteiger partial charge on any atom is -0.329 e. The summed E-state index contributed by atoms with van der Waals surface area (Å²) < 4.78 is 0. The first kappa shape index (κ1) is 11.6. The predicted octanol–water partition coefficient (Wildman–Crippen LogP) is 1.81. The molecule has 0 aliphatic heterocycles. The number of nitrogens with zero attached hydrogens (tertiary/aromatic N) is 2. The van der Waals surface area contributed by atoms with E-state index < -0.39 is 0 Å². The van der Waals surface area contributed by atoms with Crippen molar-refractivity contribution in [3.63, 3.8) is 0 Å². The van der Waals surface area contributed by atoms with Crippen molar-refractivity contribution in [3.8, 4) is 0 Å². The van der Waals surface area contributed by atoms with Gasteiger partial charge in [-0.05, 0) is 37.9 Å². The summed E-state index contributed by atoms with van der Waals surface area (Å²) in [6, 6.07) is 6.31. The summed E-state index contributed by atoms with van der Waals surface area (Å²) in [5, 5.41) is 0. The summed E-state index contributed by atoms with van der Waals surface area (Å²) in [6.45, 7) is 1.79. The first-order chi connectivity index (χ1) is 7.81. The maximum absolute atomic E-state index is 5.86. The van der Waals surface area contributed by atoms with Crippen LogP contribution in [0.2, 0.25) is 0 Å². The van der Waals surface area contributed by atoms with E-state index in [9.17, 15) is 0 Å². The van der Waals surface area contributed by atoms with Gasteiger partial charge in [-0.2, -0.15) is 0 Å². The standard InChI is InChI=1S/C13H21N3/c1-16(10-11-5-4-6-11)13(9-14)12-7-2-3-8-15-12/h2-3,7-8,11,13H,4-6,9-10,14H2,1H3. The molecule has 3 nitrogen and oxygen atoms in total. The van der Waals surface area contributed by atoms with Gasteiger partial charge in [-0.1, -0.05) is 12.5 Å². The van der Waals surface area contributed by atoms with Crippen LogP contribution in [0.15, 0.2) is 24.4 Å². The van der Waals surface area contributed by atoms with E-state index in [1.165, 1.54) is 19.3 Å². The lowest BCUT2D eigenvalue weighted by Crippen LogP contribution is -2.36. The molecule has 2 rings (SSSR count). The summed E-state index contributed by atoms with van der Waals surface area (Å²) in [6.07, 6.45) is 6.00. The molecule has 1 aromatic heterocycles. The van der Waals surface area contributed by atoms with Crippen LogP contribution < -0.4 is 5.73 Å². The molecule has 2 N–H and O–H groups in total. The molecular weight excluding hydrogens is 198 g/mol. The Morgan fingerprint density at radius 3 is 2.81 bits per heavy atom. The van der Waals surface area contributed by atoms with Crippen LogP contribution in [0.25, 0.3) is 0 Å². The summed E-state index contributed by atoms with van der Waals surface area (Å²) in [5.74, 6) is 0.878. The number of nitrogens with two attached hydrogens (primary N) is 1. The Labute approximate surface area is 97.7 Å². The van der Waals surface area contributed by atoms with E-state index in [1.807, 2.05) is 18.3 Å². The molecule has 0 bridgehead atoms. The molecule has 1 aliphatic rings. The van der Waals surface area contributed by atoms with Gasteiger partial charge in [0.2, 0.25) is 0 Å². The fourth-order valence-electron chi connectivity index (χ4n) is 2.31. The van der Waals surface area contributed by atoms with Crippen LogP contribution in [0.3, 0.4) is 0 Å². The molecule has 1 aromatic rings. The van der Waals surface area contributed by atoms with Gasteiger partial charge in [0.1, 0.15) is 0 Å². The first-order valence-electron chi connectivity index (χ1n) is 6.12. The van der Waals surface area contributed by atoms with Crippen LogP contribution in [-0.4, -0.2) is 30.0 Å². The number of pyridine rings is 1. The number of hydrogen-bond acceptors (Lipinski definition) is 3. The zero-order chi connectivity index (χ0) is 11.4. The van der Waals surface area contributed by atoms with E-state index in [0.717, 1.165) is 18.2 Å². The lowest BCUT2D eigenvalue weighted by molar-refractivity contribution is 0.163. The first-order valence-corrected chi connectivity index (χ1v) is 6.12. The second-order valence-electron chi connectivity index (χ2n) is 4.74. The average Bonchev–Trinajstić information content (AvgIpc) is 2.26. The van der Waals surface area contributed by atoms with Crippen LogP contribution in [0.5, 0.6) is 0 Å². The predicted molar refractivity (Wildman–Crippen MR) is 66.0 cm³/mol. The lowest BCUT2D eigenvalue weighted by Gasteiger charge is -2.34. The molecule has 1 unspecified atom stereocenters. The molecule has 0 spiro atoms. The van der Waals surface area contributed by atoms with Crippen LogP contribution in [0.1, 0.15) is 31.0 Å². The lowest BCUT2D eigenvalue weighted by atomic mass is 9.85.